The molecule has 0 unspecified atom stereocenters. The van der Waals surface area contributed by atoms with E-state index in [1.54, 1.807) is 10.3 Å². The zero-order valence-corrected chi connectivity index (χ0v) is 14.1. The highest BCUT2D eigenvalue weighted by Gasteiger charge is 2.30. The van der Waals surface area contributed by atoms with Gasteiger partial charge in [-0.1, -0.05) is 0 Å². The van der Waals surface area contributed by atoms with Crippen LogP contribution in [-0.2, 0) is 16.0 Å². The van der Waals surface area contributed by atoms with Crippen LogP contribution in [0.4, 0.5) is 9.93 Å². The molecule has 0 spiro atoms. The summed E-state index contributed by atoms with van der Waals surface area (Å²) in [6, 6.07) is 0.324. The molecule has 0 atom stereocenters. The third-order valence-electron chi connectivity index (χ3n) is 4.20. The van der Waals surface area contributed by atoms with Gasteiger partial charge >= 0.3 is 6.03 Å². The normalized spacial score (nSPS) is 18.2. The van der Waals surface area contributed by atoms with Crippen molar-refractivity contribution < 1.29 is 14.4 Å². The number of carbonyl (C=O) groups excluding carboxylic acids is 3. The standard InChI is InChI=1S/C15H21N5O3S/c16-12(21)7-11-8-24-14(17-11)19-13(22)9-3-5-20(6-4-9)15(23)18-10-1-2-10/h8-10H,1-7H2,(H2,16,21)(H,18,23)(H,17,19,22). The molecule has 1 aromatic rings. The van der Waals surface area contributed by atoms with E-state index in [1.165, 1.54) is 11.3 Å². The number of nitrogens with one attached hydrogen (secondary N) is 2. The Hall–Kier alpha value is -2.16. The molecule has 1 saturated heterocycles. The van der Waals surface area contributed by atoms with Crippen molar-refractivity contribution in [1.29, 1.82) is 0 Å². The topological polar surface area (TPSA) is 117 Å². The van der Waals surface area contributed by atoms with Crippen LogP contribution in [0.3, 0.4) is 0 Å². The second-order valence-electron chi connectivity index (χ2n) is 6.26. The Morgan fingerprint density at radius 2 is 1.96 bits per heavy atom. The van der Waals surface area contributed by atoms with Crippen LogP contribution in [0.15, 0.2) is 5.38 Å². The largest absolute Gasteiger partial charge is 0.369 e. The van der Waals surface area contributed by atoms with Gasteiger partial charge in [-0.3, -0.25) is 9.59 Å². The first kappa shape index (κ1) is 16.7. The Bertz CT molecular complexity index is 635. The van der Waals surface area contributed by atoms with Crippen molar-refractivity contribution in [1.82, 2.24) is 15.2 Å². The predicted octanol–water partition coefficient (Wildman–Crippen LogP) is 0.693. The van der Waals surface area contributed by atoms with Crippen LogP contribution < -0.4 is 16.4 Å². The van der Waals surface area contributed by atoms with Crippen LogP contribution in [0.5, 0.6) is 0 Å². The minimum atomic E-state index is -0.449. The summed E-state index contributed by atoms with van der Waals surface area (Å²) in [4.78, 5) is 41.1. The molecule has 1 aromatic heterocycles. The van der Waals surface area contributed by atoms with Crippen molar-refractivity contribution in [3.63, 3.8) is 0 Å². The number of nitrogens with two attached hydrogens (primary N) is 1. The molecule has 130 valence electrons. The Kier molecular flexibility index (Phi) is 4.98. The van der Waals surface area contributed by atoms with Gasteiger partial charge in [0.2, 0.25) is 11.8 Å². The highest BCUT2D eigenvalue weighted by atomic mass is 32.1. The van der Waals surface area contributed by atoms with Crippen molar-refractivity contribution in [3.05, 3.63) is 11.1 Å². The van der Waals surface area contributed by atoms with E-state index < -0.39 is 5.91 Å². The van der Waals surface area contributed by atoms with E-state index in [1.807, 2.05) is 0 Å². The summed E-state index contributed by atoms with van der Waals surface area (Å²) >= 11 is 1.28. The number of anilines is 1. The lowest BCUT2D eigenvalue weighted by Crippen LogP contribution is -2.46. The van der Waals surface area contributed by atoms with Crippen molar-refractivity contribution in [2.24, 2.45) is 11.7 Å². The van der Waals surface area contributed by atoms with E-state index in [4.69, 9.17) is 5.73 Å². The molecule has 4 N–H and O–H groups in total. The number of nitrogens with zero attached hydrogens (tertiary/aromatic N) is 2. The van der Waals surface area contributed by atoms with E-state index in [0.29, 0.717) is 42.8 Å². The van der Waals surface area contributed by atoms with Gasteiger partial charge < -0.3 is 21.3 Å². The maximum absolute atomic E-state index is 12.3. The van der Waals surface area contributed by atoms with Gasteiger partial charge in [-0.25, -0.2) is 9.78 Å². The van der Waals surface area contributed by atoms with Crippen molar-refractivity contribution in [3.8, 4) is 0 Å². The molecular weight excluding hydrogens is 330 g/mol. The summed E-state index contributed by atoms with van der Waals surface area (Å²) in [6.07, 6.45) is 3.49. The van der Waals surface area contributed by atoms with Crippen LogP contribution in [-0.4, -0.2) is 46.9 Å². The van der Waals surface area contributed by atoms with Crippen LogP contribution >= 0.6 is 11.3 Å². The number of likely N-dealkylation sites (tertiary alicyclic amines) is 1. The van der Waals surface area contributed by atoms with Gasteiger partial charge in [0.15, 0.2) is 5.13 Å². The number of primary amides is 1. The number of urea groups is 1. The van der Waals surface area contributed by atoms with Gasteiger partial charge in [-0.15, -0.1) is 11.3 Å². The fourth-order valence-corrected chi connectivity index (χ4v) is 3.38. The van der Waals surface area contributed by atoms with Crippen molar-refractivity contribution in [2.75, 3.05) is 18.4 Å². The fourth-order valence-electron chi connectivity index (χ4n) is 2.67. The van der Waals surface area contributed by atoms with E-state index in [0.717, 1.165) is 12.8 Å². The third kappa shape index (κ3) is 4.44. The average molecular weight is 351 g/mol. The van der Waals surface area contributed by atoms with Gasteiger partial charge in [0, 0.05) is 30.4 Å². The van der Waals surface area contributed by atoms with Crippen LogP contribution in [0.25, 0.3) is 0 Å². The van der Waals surface area contributed by atoms with E-state index >= 15 is 0 Å². The zero-order valence-electron chi connectivity index (χ0n) is 13.3. The quantitative estimate of drug-likeness (QED) is 0.723. The van der Waals surface area contributed by atoms with Crippen molar-refractivity contribution >= 4 is 34.3 Å². The zero-order chi connectivity index (χ0) is 17.1. The Labute approximate surface area is 143 Å². The number of thiazole rings is 1. The van der Waals surface area contributed by atoms with Crippen LogP contribution in [0.2, 0.25) is 0 Å². The molecule has 3 rings (SSSR count). The molecule has 24 heavy (non-hydrogen) atoms. The van der Waals surface area contributed by atoms with E-state index in [-0.39, 0.29) is 24.3 Å². The number of piperidine rings is 1. The Balaban J connectivity index is 1.45. The summed E-state index contributed by atoms with van der Waals surface area (Å²) in [5.74, 6) is -0.661. The number of hydrogen-bond donors (Lipinski definition) is 3. The highest BCUT2D eigenvalue weighted by molar-refractivity contribution is 7.13. The summed E-state index contributed by atoms with van der Waals surface area (Å²) < 4.78 is 0. The summed E-state index contributed by atoms with van der Waals surface area (Å²) in [5.41, 5.74) is 5.69. The molecule has 1 aliphatic heterocycles. The smallest absolute Gasteiger partial charge is 0.317 e. The molecular formula is C15H21N5O3S. The number of aromatic nitrogens is 1. The van der Waals surface area contributed by atoms with Gasteiger partial charge in [0.05, 0.1) is 12.1 Å². The maximum atomic E-state index is 12.3. The number of hydrogen-bond acceptors (Lipinski definition) is 5. The van der Waals surface area contributed by atoms with E-state index in [9.17, 15) is 14.4 Å². The SMILES string of the molecule is NC(=O)Cc1csc(NC(=O)C2CCN(C(=O)NC3CC3)CC2)n1. The molecule has 2 heterocycles. The lowest BCUT2D eigenvalue weighted by Gasteiger charge is -2.31. The van der Waals surface area contributed by atoms with Crippen LogP contribution in [0.1, 0.15) is 31.4 Å². The van der Waals surface area contributed by atoms with Gasteiger partial charge in [-0.05, 0) is 25.7 Å². The Morgan fingerprint density at radius 3 is 2.58 bits per heavy atom. The molecule has 8 nitrogen and oxygen atoms in total. The van der Waals surface area contributed by atoms with Crippen LogP contribution in [0, 0.1) is 5.92 Å². The fraction of sp³-hybridized carbons (Fsp3) is 0.600. The first-order chi connectivity index (χ1) is 11.5. The first-order valence-electron chi connectivity index (χ1n) is 8.10. The summed E-state index contributed by atoms with van der Waals surface area (Å²) in [7, 11) is 0. The van der Waals surface area contributed by atoms with Gasteiger partial charge in [-0.2, -0.15) is 0 Å². The molecule has 4 amide bonds. The predicted molar refractivity (Wildman–Crippen MR) is 89.5 cm³/mol. The lowest BCUT2D eigenvalue weighted by atomic mass is 9.96. The highest BCUT2D eigenvalue weighted by Crippen LogP contribution is 2.23. The second-order valence-corrected chi connectivity index (χ2v) is 7.12. The number of rotatable bonds is 5. The summed E-state index contributed by atoms with van der Waals surface area (Å²) in [6.45, 7) is 1.17. The first-order valence-corrected chi connectivity index (χ1v) is 8.98. The molecule has 9 heteroatoms. The Morgan fingerprint density at radius 1 is 1.25 bits per heavy atom. The average Bonchev–Trinajstić information content (AvgIpc) is 3.26. The monoisotopic (exact) mass is 351 g/mol. The molecule has 0 aromatic carbocycles. The summed E-state index contributed by atoms with van der Waals surface area (Å²) in [5, 5.41) is 7.95. The minimum Gasteiger partial charge on any atom is -0.369 e. The molecule has 2 aliphatic rings. The molecule has 0 bridgehead atoms. The third-order valence-corrected chi connectivity index (χ3v) is 5.00. The minimum absolute atomic E-state index is 0.0209. The molecule has 1 saturated carbocycles. The second kappa shape index (κ2) is 7.16. The van der Waals surface area contributed by atoms with Gasteiger partial charge in [0.1, 0.15) is 0 Å². The van der Waals surface area contributed by atoms with Crippen molar-refractivity contribution in [2.45, 2.75) is 38.1 Å². The molecule has 1 aliphatic carbocycles. The maximum Gasteiger partial charge on any atom is 0.317 e. The molecule has 2 fully saturated rings. The van der Waals surface area contributed by atoms with E-state index in [2.05, 4.69) is 15.6 Å². The van der Waals surface area contributed by atoms with Gasteiger partial charge in [0.25, 0.3) is 0 Å². The lowest BCUT2D eigenvalue weighted by molar-refractivity contribution is -0.121. The molecule has 0 radical (unpaired) electrons. The number of carbonyl (C=O) groups is 3. The number of amides is 4.